The third-order valence-corrected chi connectivity index (χ3v) is 6.13. The van der Waals surface area contributed by atoms with Gasteiger partial charge in [0.15, 0.2) is 0 Å². The SMILES string of the molecule is Cc1ccc(S(=O)(=O)n2c3c(c4ccccc42)C=CCC3)cc1. The van der Waals surface area contributed by atoms with E-state index in [-0.39, 0.29) is 0 Å². The molecule has 4 rings (SSSR count). The molecule has 0 atom stereocenters. The van der Waals surface area contributed by atoms with Gasteiger partial charge in [0, 0.05) is 16.6 Å². The summed E-state index contributed by atoms with van der Waals surface area (Å²) in [5.74, 6) is 0. The average Bonchev–Trinajstić information content (AvgIpc) is 2.90. The van der Waals surface area contributed by atoms with Crippen LogP contribution in [0.25, 0.3) is 17.0 Å². The van der Waals surface area contributed by atoms with E-state index in [4.69, 9.17) is 0 Å². The fraction of sp³-hybridized carbons (Fsp3) is 0.158. The molecule has 0 spiro atoms. The van der Waals surface area contributed by atoms with Gasteiger partial charge >= 0.3 is 0 Å². The van der Waals surface area contributed by atoms with Gasteiger partial charge in [-0.15, -0.1) is 0 Å². The number of allylic oxidation sites excluding steroid dienone is 1. The third-order valence-electron chi connectivity index (χ3n) is 4.36. The molecule has 1 aromatic heterocycles. The van der Waals surface area contributed by atoms with Crippen molar-refractivity contribution in [2.45, 2.75) is 24.7 Å². The molecule has 1 aliphatic rings. The Morgan fingerprint density at radius 3 is 2.52 bits per heavy atom. The van der Waals surface area contributed by atoms with E-state index in [2.05, 4.69) is 6.08 Å². The smallest absolute Gasteiger partial charge is 0.237 e. The highest BCUT2D eigenvalue weighted by Crippen LogP contribution is 2.34. The van der Waals surface area contributed by atoms with Crippen molar-refractivity contribution in [1.29, 1.82) is 0 Å². The topological polar surface area (TPSA) is 39.1 Å². The Morgan fingerprint density at radius 2 is 1.74 bits per heavy atom. The summed E-state index contributed by atoms with van der Waals surface area (Å²) in [6, 6.07) is 14.8. The summed E-state index contributed by atoms with van der Waals surface area (Å²) >= 11 is 0. The first-order valence-corrected chi connectivity index (χ1v) is 9.14. The monoisotopic (exact) mass is 323 g/mol. The largest absolute Gasteiger partial charge is 0.268 e. The van der Waals surface area contributed by atoms with Gasteiger partial charge in [0.05, 0.1) is 10.4 Å². The number of para-hydroxylation sites is 1. The quantitative estimate of drug-likeness (QED) is 0.711. The lowest BCUT2D eigenvalue weighted by Gasteiger charge is -2.14. The van der Waals surface area contributed by atoms with Gasteiger partial charge in [-0.2, -0.15) is 0 Å². The standard InChI is InChI=1S/C19H17NO2S/c1-14-10-12-15(13-11-14)23(21,22)20-18-8-4-2-6-16(18)17-7-3-5-9-19(17)20/h2-4,6-8,10-13H,5,9H2,1H3. The summed E-state index contributed by atoms with van der Waals surface area (Å²) in [5.41, 5.74) is 3.72. The van der Waals surface area contributed by atoms with Crippen molar-refractivity contribution in [3.8, 4) is 0 Å². The number of aromatic nitrogens is 1. The molecule has 1 heterocycles. The minimum Gasteiger partial charge on any atom is -0.237 e. The number of benzene rings is 2. The van der Waals surface area contributed by atoms with E-state index < -0.39 is 10.0 Å². The van der Waals surface area contributed by atoms with Crippen molar-refractivity contribution < 1.29 is 8.42 Å². The molecule has 3 aromatic rings. The van der Waals surface area contributed by atoms with E-state index in [1.54, 1.807) is 12.1 Å². The number of aryl methyl sites for hydroxylation is 1. The molecule has 0 saturated carbocycles. The number of hydrogen-bond donors (Lipinski definition) is 0. The van der Waals surface area contributed by atoms with Crippen LogP contribution in [0.1, 0.15) is 23.2 Å². The summed E-state index contributed by atoms with van der Waals surface area (Å²) in [4.78, 5) is 0.334. The second-order valence-electron chi connectivity index (χ2n) is 5.90. The molecule has 116 valence electrons. The van der Waals surface area contributed by atoms with Gasteiger partial charge in [-0.05, 0) is 38.0 Å². The minimum absolute atomic E-state index is 0.334. The number of fused-ring (bicyclic) bond motifs is 3. The zero-order valence-electron chi connectivity index (χ0n) is 12.9. The maximum Gasteiger partial charge on any atom is 0.268 e. The van der Waals surface area contributed by atoms with Gasteiger partial charge in [0.25, 0.3) is 10.0 Å². The van der Waals surface area contributed by atoms with Crippen LogP contribution in [-0.2, 0) is 16.4 Å². The van der Waals surface area contributed by atoms with Crippen LogP contribution < -0.4 is 0 Å². The molecule has 0 N–H and O–H groups in total. The van der Waals surface area contributed by atoms with Crippen molar-refractivity contribution in [2.75, 3.05) is 0 Å². The molecule has 0 aliphatic heterocycles. The Kier molecular flexibility index (Phi) is 3.16. The van der Waals surface area contributed by atoms with Gasteiger partial charge in [-0.3, -0.25) is 0 Å². The van der Waals surface area contributed by atoms with E-state index in [1.807, 2.05) is 49.4 Å². The molecule has 0 bridgehead atoms. The Balaban J connectivity index is 2.06. The maximum atomic E-state index is 13.2. The summed E-state index contributed by atoms with van der Waals surface area (Å²) < 4.78 is 28.0. The minimum atomic E-state index is -3.60. The van der Waals surface area contributed by atoms with Crippen LogP contribution in [0.5, 0.6) is 0 Å². The van der Waals surface area contributed by atoms with Gasteiger partial charge in [0.2, 0.25) is 0 Å². The van der Waals surface area contributed by atoms with Crippen LogP contribution in [0, 0.1) is 6.92 Å². The first-order chi connectivity index (χ1) is 11.1. The van der Waals surface area contributed by atoms with Crippen LogP contribution in [0.3, 0.4) is 0 Å². The van der Waals surface area contributed by atoms with Crippen LogP contribution >= 0.6 is 0 Å². The van der Waals surface area contributed by atoms with Crippen molar-refractivity contribution in [3.63, 3.8) is 0 Å². The second-order valence-corrected chi connectivity index (χ2v) is 7.69. The molecule has 23 heavy (non-hydrogen) atoms. The summed E-state index contributed by atoms with van der Waals surface area (Å²) in [7, 11) is -3.60. The lowest BCUT2D eigenvalue weighted by atomic mass is 10.0. The van der Waals surface area contributed by atoms with E-state index >= 15 is 0 Å². The maximum absolute atomic E-state index is 13.2. The van der Waals surface area contributed by atoms with Crippen molar-refractivity contribution >= 4 is 27.0 Å². The van der Waals surface area contributed by atoms with Crippen molar-refractivity contribution in [2.24, 2.45) is 0 Å². The first-order valence-electron chi connectivity index (χ1n) is 7.70. The molecule has 0 saturated heterocycles. The van der Waals surface area contributed by atoms with Crippen molar-refractivity contribution in [1.82, 2.24) is 3.97 Å². The van der Waals surface area contributed by atoms with Gasteiger partial charge < -0.3 is 0 Å². The Hall–Kier alpha value is -2.33. The van der Waals surface area contributed by atoms with E-state index in [1.165, 1.54) is 3.97 Å². The molecular formula is C19H17NO2S. The highest BCUT2D eigenvalue weighted by Gasteiger charge is 2.26. The Labute approximate surface area is 135 Å². The Bertz CT molecular complexity index is 1030. The summed E-state index contributed by atoms with van der Waals surface area (Å²) in [6.45, 7) is 1.95. The van der Waals surface area contributed by atoms with Gasteiger partial charge in [-0.25, -0.2) is 12.4 Å². The van der Waals surface area contributed by atoms with E-state index in [0.29, 0.717) is 4.90 Å². The number of rotatable bonds is 2. The van der Waals surface area contributed by atoms with Crippen molar-refractivity contribution in [3.05, 3.63) is 71.4 Å². The predicted octanol–water partition coefficient (Wildman–Crippen LogP) is 4.15. The number of nitrogens with zero attached hydrogens (tertiary/aromatic N) is 1. The summed E-state index contributed by atoms with van der Waals surface area (Å²) in [5, 5.41) is 0.995. The molecule has 3 nitrogen and oxygen atoms in total. The molecule has 0 radical (unpaired) electrons. The van der Waals surface area contributed by atoms with Crippen LogP contribution in [0.2, 0.25) is 0 Å². The molecular weight excluding hydrogens is 306 g/mol. The zero-order valence-corrected chi connectivity index (χ0v) is 13.7. The summed E-state index contributed by atoms with van der Waals surface area (Å²) in [6.07, 6.45) is 5.76. The molecule has 4 heteroatoms. The molecule has 2 aromatic carbocycles. The zero-order chi connectivity index (χ0) is 16.0. The van der Waals surface area contributed by atoms with E-state index in [9.17, 15) is 8.42 Å². The third kappa shape index (κ3) is 2.13. The lowest BCUT2D eigenvalue weighted by Crippen LogP contribution is -2.16. The van der Waals surface area contributed by atoms with Gasteiger partial charge in [0.1, 0.15) is 0 Å². The fourth-order valence-corrected chi connectivity index (χ4v) is 4.81. The Morgan fingerprint density at radius 1 is 1.00 bits per heavy atom. The molecule has 1 aliphatic carbocycles. The normalized spacial score (nSPS) is 14.1. The van der Waals surface area contributed by atoms with Gasteiger partial charge in [-0.1, -0.05) is 48.0 Å². The van der Waals surface area contributed by atoms with Crippen LogP contribution in [0.15, 0.2) is 59.5 Å². The highest BCUT2D eigenvalue weighted by atomic mass is 32.2. The van der Waals surface area contributed by atoms with Crippen LogP contribution in [-0.4, -0.2) is 12.4 Å². The fourth-order valence-electron chi connectivity index (χ4n) is 3.22. The highest BCUT2D eigenvalue weighted by molar-refractivity contribution is 7.90. The molecule has 0 amide bonds. The molecule has 0 fully saturated rings. The lowest BCUT2D eigenvalue weighted by molar-refractivity contribution is 0.586. The second kappa shape index (κ2) is 5.10. The first kappa shape index (κ1) is 14.3. The van der Waals surface area contributed by atoms with E-state index in [0.717, 1.165) is 40.6 Å². The predicted molar refractivity (Wildman–Crippen MR) is 93.1 cm³/mol. The average molecular weight is 323 g/mol. The number of hydrogen-bond acceptors (Lipinski definition) is 2. The molecule has 0 unspecified atom stereocenters. The van der Waals surface area contributed by atoms with Crippen LogP contribution in [0.4, 0.5) is 0 Å².